The van der Waals surface area contributed by atoms with Gasteiger partial charge in [0.2, 0.25) is 5.91 Å². The van der Waals surface area contributed by atoms with Gasteiger partial charge in [-0.3, -0.25) is 14.3 Å². The number of halogens is 2. The highest BCUT2D eigenvalue weighted by Gasteiger charge is 2.55. The van der Waals surface area contributed by atoms with E-state index >= 15 is 0 Å². The molecule has 7 nitrogen and oxygen atoms in total. The lowest BCUT2D eigenvalue weighted by molar-refractivity contribution is -0.136. The van der Waals surface area contributed by atoms with E-state index in [1.54, 1.807) is 11.9 Å². The van der Waals surface area contributed by atoms with Gasteiger partial charge in [0.05, 0.1) is 22.7 Å². The van der Waals surface area contributed by atoms with Crippen LogP contribution in [0.25, 0.3) is 0 Å². The Labute approximate surface area is 239 Å². The fraction of sp³-hybridized carbons (Fsp3) is 0.724. The van der Waals surface area contributed by atoms with Crippen LogP contribution in [0.5, 0.6) is 5.75 Å². The van der Waals surface area contributed by atoms with Gasteiger partial charge in [0.1, 0.15) is 11.6 Å². The number of amides is 2. The number of nitrogens with one attached hydrogen (secondary N) is 3. The molecule has 4 saturated carbocycles. The quantitative estimate of drug-likeness (QED) is 0.337. The van der Waals surface area contributed by atoms with Gasteiger partial charge in [0.25, 0.3) is 5.91 Å². The van der Waals surface area contributed by atoms with Gasteiger partial charge >= 0.3 is 0 Å². The van der Waals surface area contributed by atoms with Gasteiger partial charge in [-0.25, -0.2) is 4.39 Å². The predicted molar refractivity (Wildman–Crippen MR) is 151 cm³/mol. The molecule has 0 aromatic heterocycles. The van der Waals surface area contributed by atoms with Crippen LogP contribution in [0.1, 0.15) is 89.9 Å². The molecule has 1 aromatic rings. The highest BCUT2D eigenvalue weighted by molar-refractivity contribution is 7.98. The standard InChI is InChI=1S/C29H41ClFN3O4S/c30-21-10-9-20(15-22(21)31)38-18-26(36)32-29-13-11-28(12-14-29,17-25(29)35)33-27(37)23-16-24(39-34-23)19-7-5-3-1-2-4-6-8-19/h9-10,15,19,23-25,34-35H,1-8,11-14,16-18H2,(H,32,36)(H,33,37)/t23?,24?,25-,28?,29?/m0/s1. The van der Waals surface area contributed by atoms with Crippen LogP contribution in [0.3, 0.4) is 0 Å². The van der Waals surface area contributed by atoms with Crippen LogP contribution in [-0.4, -0.2) is 52.0 Å². The number of rotatable bonds is 7. The number of carbonyl (C=O) groups excluding carboxylic acids is 2. The number of benzene rings is 1. The summed E-state index contributed by atoms with van der Waals surface area (Å²) in [7, 11) is 0. The molecule has 5 fully saturated rings. The molecule has 2 unspecified atom stereocenters. The average molecular weight is 582 g/mol. The Kier molecular flexibility index (Phi) is 9.31. The normalized spacial score (nSPS) is 33.6. The summed E-state index contributed by atoms with van der Waals surface area (Å²) in [6.07, 6.45) is 13.5. The average Bonchev–Trinajstić information content (AvgIpc) is 3.45. The maximum atomic E-state index is 13.6. The van der Waals surface area contributed by atoms with Crippen molar-refractivity contribution in [3.8, 4) is 5.75 Å². The molecule has 2 bridgehead atoms. The van der Waals surface area contributed by atoms with Crippen molar-refractivity contribution < 1.29 is 23.8 Å². The number of fused-ring (bicyclic) bond motifs is 3. The molecule has 1 aromatic carbocycles. The van der Waals surface area contributed by atoms with E-state index in [2.05, 4.69) is 15.4 Å². The minimum Gasteiger partial charge on any atom is -0.484 e. The van der Waals surface area contributed by atoms with Crippen LogP contribution in [0.2, 0.25) is 5.02 Å². The topological polar surface area (TPSA) is 99.7 Å². The van der Waals surface area contributed by atoms with Crippen molar-refractivity contribution >= 4 is 35.4 Å². The zero-order chi connectivity index (χ0) is 27.5. The van der Waals surface area contributed by atoms with Crippen molar-refractivity contribution in [2.75, 3.05) is 6.61 Å². The van der Waals surface area contributed by atoms with E-state index in [9.17, 15) is 19.1 Å². The maximum absolute atomic E-state index is 13.6. The molecule has 6 rings (SSSR count). The van der Waals surface area contributed by atoms with Crippen LogP contribution in [0, 0.1) is 11.7 Å². The molecule has 5 aliphatic rings. The molecule has 1 aliphatic heterocycles. The molecular weight excluding hydrogens is 541 g/mol. The first-order valence-corrected chi connectivity index (χ1v) is 15.8. The summed E-state index contributed by atoms with van der Waals surface area (Å²) in [5.41, 5.74) is -1.18. The van der Waals surface area contributed by atoms with Crippen LogP contribution in [0.4, 0.5) is 4.39 Å². The van der Waals surface area contributed by atoms with Gasteiger partial charge < -0.3 is 20.5 Å². The van der Waals surface area contributed by atoms with Gasteiger partial charge in [-0.2, -0.15) is 0 Å². The number of hydrogen-bond donors (Lipinski definition) is 4. The number of aliphatic hydroxyl groups is 1. The zero-order valence-corrected chi connectivity index (χ0v) is 24.1. The van der Waals surface area contributed by atoms with Crippen molar-refractivity contribution in [1.29, 1.82) is 0 Å². The number of carbonyl (C=O) groups is 2. The SMILES string of the molecule is O=C(COc1ccc(Cl)c(F)c1)NC12CCC(NC(=O)C3CC(C4CCCCCCCC4)SN3)(CC1)C[C@@H]2O. The summed E-state index contributed by atoms with van der Waals surface area (Å²) in [6.45, 7) is -0.287. The Bertz CT molecular complexity index is 1030. The Morgan fingerprint density at radius 1 is 1.08 bits per heavy atom. The van der Waals surface area contributed by atoms with E-state index in [0.717, 1.165) is 12.5 Å². The number of ether oxygens (including phenoxy) is 1. The van der Waals surface area contributed by atoms with Gasteiger partial charge in [0, 0.05) is 16.9 Å². The lowest BCUT2D eigenvalue weighted by atomic mass is 9.59. The van der Waals surface area contributed by atoms with Gasteiger partial charge in [-0.15, -0.1) is 0 Å². The highest BCUT2D eigenvalue weighted by atomic mass is 35.5. The molecule has 0 spiro atoms. The highest BCUT2D eigenvalue weighted by Crippen LogP contribution is 2.47. The molecule has 1 heterocycles. The zero-order valence-electron chi connectivity index (χ0n) is 22.5. The molecule has 1 saturated heterocycles. The summed E-state index contributed by atoms with van der Waals surface area (Å²) in [5.74, 6) is -0.0632. The Morgan fingerprint density at radius 2 is 1.77 bits per heavy atom. The van der Waals surface area contributed by atoms with E-state index in [-0.39, 0.29) is 35.2 Å². The van der Waals surface area contributed by atoms with E-state index in [0.29, 0.717) is 43.3 Å². The number of hydrogen-bond acceptors (Lipinski definition) is 6. The first kappa shape index (κ1) is 29.0. The third kappa shape index (κ3) is 6.85. The molecule has 216 valence electrons. The van der Waals surface area contributed by atoms with Gasteiger partial charge in [-0.1, -0.05) is 62.1 Å². The van der Waals surface area contributed by atoms with Gasteiger partial charge in [0.15, 0.2) is 6.61 Å². The first-order chi connectivity index (χ1) is 18.8. The second-order valence-electron chi connectivity index (χ2n) is 12.1. The summed E-state index contributed by atoms with van der Waals surface area (Å²) in [4.78, 5) is 26.0. The Morgan fingerprint density at radius 3 is 2.44 bits per heavy atom. The van der Waals surface area contributed by atoms with Crippen LogP contribution in [-0.2, 0) is 9.59 Å². The second-order valence-corrected chi connectivity index (χ2v) is 13.6. The molecule has 4 N–H and O–H groups in total. The third-order valence-corrected chi connectivity index (χ3v) is 11.0. The molecule has 10 heteroatoms. The summed E-state index contributed by atoms with van der Waals surface area (Å²) in [6, 6.07) is 3.81. The van der Waals surface area contributed by atoms with E-state index in [1.807, 2.05) is 0 Å². The van der Waals surface area contributed by atoms with Crippen molar-refractivity contribution in [2.24, 2.45) is 5.92 Å². The van der Waals surface area contributed by atoms with Crippen molar-refractivity contribution in [1.82, 2.24) is 15.4 Å². The van der Waals surface area contributed by atoms with Crippen molar-refractivity contribution in [3.63, 3.8) is 0 Å². The fourth-order valence-corrected chi connectivity index (χ4v) is 8.44. The van der Waals surface area contributed by atoms with Crippen molar-refractivity contribution in [3.05, 3.63) is 29.0 Å². The fourth-order valence-electron chi connectivity index (χ4n) is 7.02. The number of aliphatic hydroxyl groups excluding tert-OH is 1. The van der Waals surface area contributed by atoms with Crippen LogP contribution < -0.4 is 20.1 Å². The second kappa shape index (κ2) is 12.5. The van der Waals surface area contributed by atoms with E-state index in [4.69, 9.17) is 16.3 Å². The lowest BCUT2D eigenvalue weighted by Crippen LogP contribution is -2.71. The molecule has 3 atom stereocenters. The van der Waals surface area contributed by atoms with E-state index in [1.165, 1.54) is 63.5 Å². The minimum absolute atomic E-state index is 0.0125. The molecule has 4 aliphatic carbocycles. The summed E-state index contributed by atoms with van der Waals surface area (Å²) >= 11 is 7.45. The van der Waals surface area contributed by atoms with Crippen LogP contribution in [0.15, 0.2) is 18.2 Å². The Hall–Kier alpha value is -1.55. The smallest absolute Gasteiger partial charge is 0.258 e. The molecular formula is C29H41ClFN3O4S. The third-order valence-electron chi connectivity index (χ3n) is 9.43. The molecule has 0 radical (unpaired) electrons. The summed E-state index contributed by atoms with van der Waals surface area (Å²) in [5, 5.41) is 17.9. The molecule has 39 heavy (non-hydrogen) atoms. The minimum atomic E-state index is -0.769. The molecule has 2 amide bonds. The lowest BCUT2D eigenvalue weighted by Gasteiger charge is -2.56. The Balaban J connectivity index is 1.10. The summed E-state index contributed by atoms with van der Waals surface area (Å²) < 4.78 is 22.5. The largest absolute Gasteiger partial charge is 0.484 e. The monoisotopic (exact) mass is 581 g/mol. The van der Waals surface area contributed by atoms with Crippen molar-refractivity contribution in [2.45, 2.75) is 118 Å². The predicted octanol–water partition coefficient (Wildman–Crippen LogP) is 5.04. The van der Waals surface area contributed by atoms with E-state index < -0.39 is 23.0 Å². The first-order valence-electron chi connectivity index (χ1n) is 14.6. The van der Waals surface area contributed by atoms with Gasteiger partial charge in [-0.05, 0) is 69.4 Å². The van der Waals surface area contributed by atoms with Crippen LogP contribution >= 0.6 is 23.5 Å². The maximum Gasteiger partial charge on any atom is 0.258 e.